The zero-order chi connectivity index (χ0) is 14.0. The first-order valence-electron chi connectivity index (χ1n) is 6.57. The summed E-state index contributed by atoms with van der Waals surface area (Å²) in [6, 6.07) is 3.46. The van der Waals surface area contributed by atoms with Crippen LogP contribution in [-0.2, 0) is 0 Å². The molecule has 0 unspecified atom stereocenters. The van der Waals surface area contributed by atoms with Crippen molar-refractivity contribution in [2.24, 2.45) is 0 Å². The number of anilines is 2. The second kappa shape index (κ2) is 5.65. The molecule has 0 aromatic heterocycles. The monoisotopic (exact) mass is 267 g/mol. The highest BCUT2D eigenvalue weighted by Crippen LogP contribution is 2.32. The van der Waals surface area contributed by atoms with Crippen LogP contribution in [0.1, 0.15) is 12.8 Å². The summed E-state index contributed by atoms with van der Waals surface area (Å²) >= 11 is 0. The van der Waals surface area contributed by atoms with Gasteiger partial charge in [-0.05, 0) is 33.0 Å². The third kappa shape index (κ3) is 2.92. The maximum atomic E-state index is 13.6. The van der Waals surface area contributed by atoms with Crippen LogP contribution in [0.5, 0.6) is 5.75 Å². The van der Waals surface area contributed by atoms with Gasteiger partial charge in [-0.1, -0.05) is 0 Å². The molecule has 0 bridgehead atoms. The maximum Gasteiger partial charge on any atom is 0.167 e. The quantitative estimate of drug-likeness (QED) is 0.850. The zero-order valence-electron chi connectivity index (χ0n) is 11.8. The van der Waals surface area contributed by atoms with E-state index in [0.717, 1.165) is 31.6 Å². The van der Waals surface area contributed by atoms with Crippen molar-refractivity contribution in [3.8, 4) is 5.75 Å². The molecule has 5 heteroatoms. The Bertz CT molecular complexity index is 445. The van der Waals surface area contributed by atoms with Gasteiger partial charge in [-0.3, -0.25) is 0 Å². The molecule has 0 aliphatic carbocycles. The predicted octanol–water partition coefficient (Wildman–Crippen LogP) is 1.95. The van der Waals surface area contributed by atoms with Crippen molar-refractivity contribution in [3.63, 3.8) is 0 Å². The van der Waals surface area contributed by atoms with E-state index in [-0.39, 0.29) is 5.75 Å². The van der Waals surface area contributed by atoms with E-state index in [2.05, 4.69) is 16.8 Å². The fraction of sp³-hybridized carbons (Fsp3) is 0.571. The van der Waals surface area contributed by atoms with Gasteiger partial charge in [0, 0.05) is 25.2 Å². The first-order chi connectivity index (χ1) is 9.02. The molecule has 0 saturated carbocycles. The maximum absolute atomic E-state index is 13.6. The molecule has 0 radical (unpaired) electrons. The van der Waals surface area contributed by atoms with Gasteiger partial charge >= 0.3 is 0 Å². The van der Waals surface area contributed by atoms with Crippen LogP contribution in [0, 0.1) is 5.82 Å². The van der Waals surface area contributed by atoms with Crippen molar-refractivity contribution in [3.05, 3.63) is 17.9 Å². The topological polar surface area (TPSA) is 41.7 Å². The van der Waals surface area contributed by atoms with Gasteiger partial charge in [0.15, 0.2) is 11.6 Å². The van der Waals surface area contributed by atoms with Gasteiger partial charge < -0.3 is 20.3 Å². The lowest BCUT2D eigenvalue weighted by atomic mass is 10.0. The first-order valence-corrected chi connectivity index (χ1v) is 6.57. The van der Waals surface area contributed by atoms with Crippen molar-refractivity contribution in [1.82, 2.24) is 4.90 Å². The summed E-state index contributed by atoms with van der Waals surface area (Å²) in [5.74, 6) is -0.176. The lowest BCUT2D eigenvalue weighted by molar-refractivity contribution is 0.253. The second-order valence-corrected chi connectivity index (χ2v) is 5.19. The molecule has 4 nitrogen and oxygen atoms in total. The Labute approximate surface area is 113 Å². The molecule has 1 aromatic carbocycles. The molecule has 1 aliphatic heterocycles. The van der Waals surface area contributed by atoms with E-state index in [1.54, 1.807) is 6.07 Å². The molecule has 0 amide bonds. The molecule has 1 saturated heterocycles. The van der Waals surface area contributed by atoms with Crippen molar-refractivity contribution in [2.45, 2.75) is 18.9 Å². The van der Waals surface area contributed by atoms with Crippen LogP contribution in [0.15, 0.2) is 12.1 Å². The lowest BCUT2D eigenvalue weighted by Gasteiger charge is -2.37. The number of halogens is 1. The molecule has 1 aromatic rings. The summed E-state index contributed by atoms with van der Waals surface area (Å²) in [7, 11) is 5.61. The third-order valence-electron chi connectivity index (χ3n) is 3.92. The summed E-state index contributed by atoms with van der Waals surface area (Å²) in [6.07, 6.45) is 2.18. The fourth-order valence-corrected chi connectivity index (χ4v) is 2.60. The number of likely N-dealkylation sites (tertiary alicyclic amines) is 1. The van der Waals surface area contributed by atoms with E-state index in [4.69, 9.17) is 10.5 Å². The third-order valence-corrected chi connectivity index (χ3v) is 3.92. The fourth-order valence-electron chi connectivity index (χ4n) is 2.60. The zero-order valence-corrected chi connectivity index (χ0v) is 11.8. The number of benzene rings is 1. The Kier molecular flexibility index (Phi) is 4.14. The van der Waals surface area contributed by atoms with E-state index < -0.39 is 5.82 Å². The number of rotatable bonds is 3. The van der Waals surface area contributed by atoms with Crippen molar-refractivity contribution >= 4 is 11.4 Å². The number of piperidine rings is 1. The normalized spacial score (nSPS) is 17.5. The van der Waals surface area contributed by atoms with Gasteiger partial charge in [0.2, 0.25) is 0 Å². The summed E-state index contributed by atoms with van der Waals surface area (Å²) in [6.45, 7) is 2.15. The number of methoxy groups -OCH3 is 1. The number of nitrogen functional groups attached to an aromatic ring is 1. The SMILES string of the molecule is COc1cc(N(C)C2CCN(C)CC2)c(N)cc1F. The Morgan fingerprint density at radius 2 is 2.00 bits per heavy atom. The van der Waals surface area contributed by atoms with Crippen LogP contribution in [0.25, 0.3) is 0 Å². The van der Waals surface area contributed by atoms with Gasteiger partial charge in [0.25, 0.3) is 0 Å². The van der Waals surface area contributed by atoms with Crippen LogP contribution in [0.2, 0.25) is 0 Å². The second-order valence-electron chi connectivity index (χ2n) is 5.19. The molecule has 1 fully saturated rings. The largest absolute Gasteiger partial charge is 0.494 e. The minimum absolute atomic E-state index is 0.240. The molecule has 0 spiro atoms. The predicted molar refractivity (Wildman–Crippen MR) is 76.3 cm³/mol. The molecular weight excluding hydrogens is 245 g/mol. The highest BCUT2D eigenvalue weighted by molar-refractivity contribution is 5.70. The van der Waals surface area contributed by atoms with Crippen LogP contribution in [0.4, 0.5) is 15.8 Å². The molecule has 0 atom stereocenters. The van der Waals surface area contributed by atoms with Crippen molar-refractivity contribution in [1.29, 1.82) is 0 Å². The smallest absolute Gasteiger partial charge is 0.167 e. The Balaban J connectivity index is 2.21. The van der Waals surface area contributed by atoms with E-state index in [9.17, 15) is 4.39 Å². The van der Waals surface area contributed by atoms with Gasteiger partial charge in [0.1, 0.15) is 0 Å². The van der Waals surface area contributed by atoms with Crippen LogP contribution in [0.3, 0.4) is 0 Å². The van der Waals surface area contributed by atoms with Crippen molar-refractivity contribution in [2.75, 3.05) is 44.9 Å². The summed E-state index contributed by atoms with van der Waals surface area (Å²) in [5.41, 5.74) is 7.23. The van der Waals surface area contributed by atoms with Crippen LogP contribution < -0.4 is 15.4 Å². The highest BCUT2D eigenvalue weighted by Gasteiger charge is 2.23. The van der Waals surface area contributed by atoms with Crippen LogP contribution in [-0.4, -0.2) is 45.2 Å². The Hall–Kier alpha value is -1.49. The van der Waals surface area contributed by atoms with Gasteiger partial charge in [-0.25, -0.2) is 4.39 Å². The average molecular weight is 267 g/mol. The molecule has 1 heterocycles. The molecular formula is C14H22FN3O. The standard InChI is InChI=1S/C14H22FN3O/c1-17-6-4-10(5-7-17)18(2)13-9-14(19-3)11(15)8-12(13)16/h8-10H,4-7,16H2,1-3H3. The summed E-state index contributed by atoms with van der Waals surface area (Å²) < 4.78 is 18.6. The van der Waals surface area contributed by atoms with E-state index in [1.165, 1.54) is 13.2 Å². The van der Waals surface area contributed by atoms with Crippen molar-refractivity contribution < 1.29 is 9.13 Å². The highest BCUT2D eigenvalue weighted by atomic mass is 19.1. The molecule has 106 valence electrons. The lowest BCUT2D eigenvalue weighted by Crippen LogP contribution is -2.42. The van der Waals surface area contributed by atoms with E-state index >= 15 is 0 Å². The molecule has 2 rings (SSSR count). The number of hydrogen-bond acceptors (Lipinski definition) is 4. The molecule has 2 N–H and O–H groups in total. The van der Waals surface area contributed by atoms with Crippen LogP contribution >= 0.6 is 0 Å². The minimum atomic E-state index is -0.416. The van der Waals surface area contributed by atoms with E-state index in [1.807, 2.05) is 7.05 Å². The Morgan fingerprint density at radius 3 is 2.58 bits per heavy atom. The summed E-state index contributed by atoms with van der Waals surface area (Å²) in [4.78, 5) is 4.46. The number of nitrogens with zero attached hydrogens (tertiary/aromatic N) is 2. The average Bonchev–Trinajstić information content (AvgIpc) is 2.39. The van der Waals surface area contributed by atoms with Gasteiger partial charge in [-0.15, -0.1) is 0 Å². The van der Waals surface area contributed by atoms with Gasteiger partial charge in [-0.2, -0.15) is 0 Å². The first kappa shape index (κ1) is 13.9. The molecule has 1 aliphatic rings. The Morgan fingerprint density at radius 1 is 1.37 bits per heavy atom. The summed E-state index contributed by atoms with van der Waals surface area (Å²) in [5, 5.41) is 0. The molecule has 19 heavy (non-hydrogen) atoms. The number of hydrogen-bond donors (Lipinski definition) is 1. The van der Waals surface area contributed by atoms with Gasteiger partial charge in [0.05, 0.1) is 18.5 Å². The minimum Gasteiger partial charge on any atom is -0.494 e. The van der Waals surface area contributed by atoms with E-state index in [0.29, 0.717) is 11.7 Å². The number of ether oxygens (including phenoxy) is 1. The number of nitrogens with two attached hydrogens (primary N) is 1.